The molecule has 0 saturated heterocycles. The van der Waals surface area contributed by atoms with Crippen LogP contribution in [0.3, 0.4) is 0 Å². The standard InChI is InChI=1S/C12H10BrFO/c13-11-6-3-9(7-15)12(11)8-1-4-10(14)5-2-8/h1-2,4-5,7,9H,3,6H2. The smallest absolute Gasteiger partial charge is 0.127 e. The molecule has 3 heteroatoms. The quantitative estimate of drug-likeness (QED) is 0.750. The lowest BCUT2D eigenvalue weighted by Crippen LogP contribution is -1.99. The van der Waals surface area contributed by atoms with Crippen LogP contribution in [-0.4, -0.2) is 6.29 Å². The molecule has 1 nitrogen and oxygen atoms in total. The number of aldehydes is 1. The fourth-order valence-electron chi connectivity index (χ4n) is 1.90. The van der Waals surface area contributed by atoms with Gasteiger partial charge in [-0.1, -0.05) is 28.1 Å². The van der Waals surface area contributed by atoms with Crippen molar-refractivity contribution in [3.63, 3.8) is 0 Å². The van der Waals surface area contributed by atoms with Crippen molar-refractivity contribution in [3.8, 4) is 0 Å². The third-order valence-electron chi connectivity index (χ3n) is 2.66. The Morgan fingerprint density at radius 3 is 2.60 bits per heavy atom. The lowest BCUT2D eigenvalue weighted by atomic mass is 9.96. The number of benzene rings is 1. The van der Waals surface area contributed by atoms with Crippen LogP contribution in [0.5, 0.6) is 0 Å². The Morgan fingerprint density at radius 2 is 2.00 bits per heavy atom. The molecule has 0 aromatic heterocycles. The molecule has 0 aliphatic heterocycles. The molecule has 1 aliphatic rings. The Morgan fingerprint density at radius 1 is 1.33 bits per heavy atom. The second-order valence-corrected chi connectivity index (χ2v) is 4.56. The molecule has 0 saturated carbocycles. The van der Waals surface area contributed by atoms with Crippen LogP contribution in [0.25, 0.3) is 5.57 Å². The van der Waals surface area contributed by atoms with Crippen molar-refractivity contribution >= 4 is 27.8 Å². The fourth-order valence-corrected chi connectivity index (χ4v) is 2.65. The molecule has 1 unspecified atom stereocenters. The van der Waals surface area contributed by atoms with Gasteiger partial charge in [0.15, 0.2) is 0 Å². The minimum atomic E-state index is -0.254. The van der Waals surface area contributed by atoms with Gasteiger partial charge in [0.1, 0.15) is 12.1 Å². The van der Waals surface area contributed by atoms with Crippen molar-refractivity contribution in [3.05, 3.63) is 40.1 Å². The molecular weight excluding hydrogens is 259 g/mol. The Bertz CT molecular complexity index is 408. The van der Waals surface area contributed by atoms with Gasteiger partial charge in [0, 0.05) is 5.92 Å². The lowest BCUT2D eigenvalue weighted by molar-refractivity contribution is -0.109. The van der Waals surface area contributed by atoms with Crippen molar-refractivity contribution in [1.82, 2.24) is 0 Å². The summed E-state index contributed by atoms with van der Waals surface area (Å²) in [5, 5.41) is 0. The number of halogens is 2. The molecule has 0 bridgehead atoms. The summed E-state index contributed by atoms with van der Waals surface area (Å²) < 4.78 is 13.8. The third-order valence-corrected chi connectivity index (χ3v) is 3.48. The van der Waals surface area contributed by atoms with E-state index in [0.717, 1.165) is 34.7 Å². The van der Waals surface area contributed by atoms with Gasteiger partial charge >= 0.3 is 0 Å². The van der Waals surface area contributed by atoms with Crippen LogP contribution >= 0.6 is 15.9 Å². The van der Waals surface area contributed by atoms with Gasteiger partial charge in [-0.15, -0.1) is 0 Å². The Balaban J connectivity index is 2.41. The van der Waals surface area contributed by atoms with E-state index in [1.165, 1.54) is 12.1 Å². The van der Waals surface area contributed by atoms with E-state index < -0.39 is 0 Å². The number of hydrogen-bond acceptors (Lipinski definition) is 1. The second-order valence-electron chi connectivity index (χ2n) is 3.61. The molecule has 78 valence electrons. The fraction of sp³-hybridized carbons (Fsp3) is 0.250. The molecule has 0 amide bonds. The minimum absolute atomic E-state index is 0.0511. The molecule has 0 heterocycles. The van der Waals surface area contributed by atoms with E-state index in [9.17, 15) is 9.18 Å². The molecular formula is C12H10BrFO. The predicted octanol–water partition coefficient (Wildman–Crippen LogP) is 3.54. The lowest BCUT2D eigenvalue weighted by Gasteiger charge is -2.08. The largest absolute Gasteiger partial charge is 0.303 e. The van der Waals surface area contributed by atoms with E-state index in [1.807, 2.05) is 0 Å². The molecule has 0 radical (unpaired) electrons. The summed E-state index contributed by atoms with van der Waals surface area (Å²) in [5.41, 5.74) is 1.93. The first-order valence-electron chi connectivity index (χ1n) is 4.82. The maximum Gasteiger partial charge on any atom is 0.127 e. The van der Waals surface area contributed by atoms with E-state index in [4.69, 9.17) is 0 Å². The predicted molar refractivity (Wildman–Crippen MR) is 61.0 cm³/mol. The zero-order chi connectivity index (χ0) is 10.8. The summed E-state index contributed by atoms with van der Waals surface area (Å²) in [4.78, 5) is 10.9. The molecule has 15 heavy (non-hydrogen) atoms. The summed E-state index contributed by atoms with van der Waals surface area (Å²) >= 11 is 3.47. The van der Waals surface area contributed by atoms with Crippen LogP contribution in [0.2, 0.25) is 0 Å². The monoisotopic (exact) mass is 268 g/mol. The summed E-state index contributed by atoms with van der Waals surface area (Å²) in [5.74, 6) is -0.305. The number of allylic oxidation sites excluding steroid dienone is 2. The summed E-state index contributed by atoms with van der Waals surface area (Å²) in [6.07, 6.45) is 2.69. The third kappa shape index (κ3) is 2.02. The second kappa shape index (κ2) is 4.27. The van der Waals surface area contributed by atoms with Gasteiger partial charge in [-0.3, -0.25) is 0 Å². The van der Waals surface area contributed by atoms with Crippen LogP contribution in [-0.2, 0) is 4.79 Å². The van der Waals surface area contributed by atoms with E-state index in [-0.39, 0.29) is 11.7 Å². The van der Waals surface area contributed by atoms with Gasteiger partial charge < -0.3 is 4.79 Å². The first-order valence-corrected chi connectivity index (χ1v) is 5.61. The highest BCUT2D eigenvalue weighted by atomic mass is 79.9. The van der Waals surface area contributed by atoms with Crippen LogP contribution in [0.15, 0.2) is 28.7 Å². The maximum absolute atomic E-state index is 12.8. The zero-order valence-electron chi connectivity index (χ0n) is 8.04. The zero-order valence-corrected chi connectivity index (χ0v) is 9.63. The summed E-state index contributed by atoms with van der Waals surface area (Å²) in [7, 11) is 0. The first kappa shape index (κ1) is 10.6. The van der Waals surface area contributed by atoms with Crippen molar-refractivity contribution in [2.24, 2.45) is 5.92 Å². The first-order chi connectivity index (χ1) is 7.22. The van der Waals surface area contributed by atoms with Crippen LogP contribution < -0.4 is 0 Å². The van der Waals surface area contributed by atoms with Crippen molar-refractivity contribution in [1.29, 1.82) is 0 Å². The number of carbonyl (C=O) groups excluding carboxylic acids is 1. The van der Waals surface area contributed by atoms with Gasteiger partial charge in [0.25, 0.3) is 0 Å². The topological polar surface area (TPSA) is 17.1 Å². The molecule has 1 atom stereocenters. The Hall–Kier alpha value is -0.960. The van der Waals surface area contributed by atoms with Crippen LogP contribution in [0.1, 0.15) is 18.4 Å². The van der Waals surface area contributed by atoms with E-state index in [1.54, 1.807) is 12.1 Å². The molecule has 2 rings (SSSR count). The van der Waals surface area contributed by atoms with Gasteiger partial charge in [0.2, 0.25) is 0 Å². The normalized spacial score (nSPS) is 20.8. The minimum Gasteiger partial charge on any atom is -0.303 e. The van der Waals surface area contributed by atoms with Gasteiger partial charge in [0.05, 0.1) is 0 Å². The van der Waals surface area contributed by atoms with Crippen molar-refractivity contribution in [2.75, 3.05) is 0 Å². The SMILES string of the molecule is O=CC1CCC(Br)=C1c1ccc(F)cc1. The van der Waals surface area contributed by atoms with Gasteiger partial charge in [-0.2, -0.15) is 0 Å². The van der Waals surface area contributed by atoms with Gasteiger partial charge in [-0.25, -0.2) is 4.39 Å². The average Bonchev–Trinajstić information content (AvgIpc) is 2.61. The summed E-state index contributed by atoms with van der Waals surface area (Å²) in [6.45, 7) is 0. The highest BCUT2D eigenvalue weighted by Crippen LogP contribution is 2.40. The highest BCUT2D eigenvalue weighted by Gasteiger charge is 2.24. The van der Waals surface area contributed by atoms with Crippen molar-refractivity contribution < 1.29 is 9.18 Å². The van der Waals surface area contributed by atoms with E-state index in [0.29, 0.717) is 0 Å². The molecule has 1 aromatic rings. The molecule has 0 fully saturated rings. The van der Waals surface area contributed by atoms with E-state index in [2.05, 4.69) is 15.9 Å². The Labute approximate surface area is 96.1 Å². The van der Waals surface area contributed by atoms with Crippen LogP contribution in [0, 0.1) is 11.7 Å². The highest BCUT2D eigenvalue weighted by molar-refractivity contribution is 9.11. The average molecular weight is 269 g/mol. The molecule has 0 N–H and O–H groups in total. The number of hydrogen-bond donors (Lipinski definition) is 0. The van der Waals surface area contributed by atoms with Crippen molar-refractivity contribution in [2.45, 2.75) is 12.8 Å². The number of rotatable bonds is 2. The van der Waals surface area contributed by atoms with E-state index >= 15 is 0 Å². The number of carbonyl (C=O) groups is 1. The maximum atomic E-state index is 12.8. The summed E-state index contributed by atoms with van der Waals surface area (Å²) in [6, 6.07) is 6.27. The van der Waals surface area contributed by atoms with Gasteiger partial charge in [-0.05, 0) is 40.6 Å². The molecule has 0 spiro atoms. The Kier molecular flexibility index (Phi) is 3.00. The van der Waals surface area contributed by atoms with Crippen LogP contribution in [0.4, 0.5) is 4.39 Å². The molecule has 1 aliphatic carbocycles. The molecule has 1 aromatic carbocycles.